The summed E-state index contributed by atoms with van der Waals surface area (Å²) < 4.78 is 28.1. The topological polar surface area (TPSA) is 100 Å². The second kappa shape index (κ2) is 9.99. The number of pyridine rings is 1. The number of fused-ring (bicyclic) bond motifs is 1. The molecule has 0 atom stereocenters. The molecule has 3 rings (SSSR count). The predicted molar refractivity (Wildman–Crippen MR) is 116 cm³/mol. The van der Waals surface area contributed by atoms with Gasteiger partial charge in [0.1, 0.15) is 11.5 Å². The van der Waals surface area contributed by atoms with E-state index in [-0.39, 0.29) is 36.0 Å². The molecule has 2 heterocycles. The number of unbranched alkanes of at least 4 members (excludes halogenated alkanes) is 1. The Kier molecular flexibility index (Phi) is 7.14. The van der Waals surface area contributed by atoms with Crippen molar-refractivity contribution in [1.29, 1.82) is 0 Å². The quantitative estimate of drug-likeness (QED) is 0.413. The summed E-state index contributed by atoms with van der Waals surface area (Å²) in [6.07, 6.45) is 5.95. The molecule has 8 nitrogen and oxygen atoms in total. The van der Waals surface area contributed by atoms with Gasteiger partial charge >= 0.3 is 0 Å². The van der Waals surface area contributed by atoms with Crippen molar-refractivity contribution in [1.82, 2.24) is 19.4 Å². The Hall–Kier alpha value is -3.82. The van der Waals surface area contributed by atoms with Crippen LogP contribution < -0.4 is 10.9 Å². The zero-order valence-electron chi connectivity index (χ0n) is 17.7. The lowest BCUT2D eigenvalue weighted by Gasteiger charge is -2.08. The second-order valence-electron chi connectivity index (χ2n) is 7.40. The maximum absolute atomic E-state index is 13.4. The van der Waals surface area contributed by atoms with Gasteiger partial charge in [0.05, 0.1) is 17.6 Å². The Balaban J connectivity index is 1.61. The van der Waals surface area contributed by atoms with Crippen molar-refractivity contribution in [3.63, 3.8) is 0 Å². The smallest absolute Gasteiger partial charge is 0.274 e. The lowest BCUT2D eigenvalue weighted by molar-refractivity contribution is -0.123. The lowest BCUT2D eigenvalue weighted by atomic mass is 10.2. The van der Waals surface area contributed by atoms with Crippen molar-refractivity contribution in [3.05, 3.63) is 70.4 Å². The highest BCUT2D eigenvalue weighted by atomic mass is 19.2. The van der Waals surface area contributed by atoms with Crippen LogP contribution in [0.25, 0.3) is 11.0 Å². The van der Waals surface area contributed by atoms with Crippen LogP contribution in [-0.2, 0) is 16.1 Å². The van der Waals surface area contributed by atoms with Crippen molar-refractivity contribution >= 4 is 28.5 Å². The molecule has 0 aliphatic rings. The van der Waals surface area contributed by atoms with Crippen LogP contribution in [0, 0.1) is 11.6 Å². The second-order valence-corrected chi connectivity index (χ2v) is 7.40. The van der Waals surface area contributed by atoms with Crippen LogP contribution in [0.3, 0.4) is 0 Å². The Morgan fingerprint density at radius 2 is 2.00 bits per heavy atom. The van der Waals surface area contributed by atoms with Crippen LogP contribution in [0.1, 0.15) is 25.1 Å². The van der Waals surface area contributed by atoms with E-state index >= 15 is 0 Å². The number of nitrogens with one attached hydrogen (secondary N) is 2. The number of anilines is 1. The van der Waals surface area contributed by atoms with Gasteiger partial charge in [0.25, 0.3) is 5.56 Å². The summed E-state index contributed by atoms with van der Waals surface area (Å²) in [4.78, 5) is 44.8. The molecule has 0 spiro atoms. The van der Waals surface area contributed by atoms with Crippen LogP contribution in [-0.4, -0.2) is 45.3 Å². The fourth-order valence-corrected chi connectivity index (χ4v) is 2.98. The van der Waals surface area contributed by atoms with E-state index < -0.39 is 17.2 Å². The van der Waals surface area contributed by atoms with Gasteiger partial charge in [-0.05, 0) is 31.1 Å². The minimum absolute atomic E-state index is 0.0329. The number of carbonyl (C=O) groups is 2. The molecule has 0 radical (unpaired) electrons. The van der Waals surface area contributed by atoms with Gasteiger partial charge in [-0.25, -0.2) is 13.8 Å². The summed E-state index contributed by atoms with van der Waals surface area (Å²) in [6.45, 7) is 0.0329. The molecular weight excluding hydrogens is 420 g/mol. The molecule has 0 unspecified atom stereocenters. The van der Waals surface area contributed by atoms with Crippen LogP contribution in [0.5, 0.6) is 0 Å². The van der Waals surface area contributed by atoms with Crippen molar-refractivity contribution in [2.75, 3.05) is 19.4 Å². The number of carbonyl (C=O) groups excluding carboxylic acids is 2. The number of amides is 2. The molecule has 0 aliphatic heterocycles. The summed E-state index contributed by atoms with van der Waals surface area (Å²) in [5.74, 6) is -2.10. The number of benzene rings is 1. The molecule has 0 saturated carbocycles. The first-order chi connectivity index (χ1) is 15.2. The average Bonchev–Trinajstić information content (AvgIpc) is 3.11. The van der Waals surface area contributed by atoms with Crippen molar-refractivity contribution in [2.24, 2.45) is 0 Å². The molecule has 0 fully saturated rings. The van der Waals surface area contributed by atoms with Gasteiger partial charge in [-0.2, -0.15) is 0 Å². The van der Waals surface area contributed by atoms with Gasteiger partial charge in [0.2, 0.25) is 11.8 Å². The highest BCUT2D eigenvalue weighted by Crippen LogP contribution is 2.16. The Morgan fingerprint density at radius 3 is 2.75 bits per heavy atom. The maximum atomic E-state index is 13.4. The van der Waals surface area contributed by atoms with Gasteiger partial charge in [0, 0.05) is 38.8 Å². The molecule has 1 aromatic carbocycles. The third kappa shape index (κ3) is 5.65. The first kappa shape index (κ1) is 22.9. The van der Waals surface area contributed by atoms with E-state index in [9.17, 15) is 23.2 Å². The van der Waals surface area contributed by atoms with E-state index in [1.165, 1.54) is 27.8 Å². The number of H-pyrrole nitrogens is 1. The molecule has 3 aromatic rings. The fourth-order valence-electron chi connectivity index (χ4n) is 2.98. The largest absolute Gasteiger partial charge is 0.345 e. The molecule has 2 N–H and O–H groups in total. The molecule has 2 amide bonds. The lowest BCUT2D eigenvalue weighted by Crippen LogP contribution is -2.26. The molecule has 10 heteroatoms. The number of aromatic amines is 1. The van der Waals surface area contributed by atoms with Gasteiger partial charge < -0.3 is 19.8 Å². The number of rotatable bonds is 8. The highest BCUT2D eigenvalue weighted by Gasteiger charge is 2.11. The molecule has 0 bridgehead atoms. The number of likely N-dealkylation sites (N-methyl/N-ethyl adjacent to an activating group) is 1. The predicted octanol–water partition coefficient (Wildman–Crippen LogP) is 2.80. The molecule has 2 aromatic heterocycles. The fraction of sp³-hybridized carbons (Fsp3) is 0.273. The summed E-state index contributed by atoms with van der Waals surface area (Å²) >= 11 is 0. The standard InChI is InChI=1S/C22H23F2N5O3/c1-28(2)21(31)9-5-3-4-8-20(30)27-16-7-6-10-29(22(16)32)13-19-25-17-11-14(23)15(24)12-18(17)26-19/h5-7,9-12H,3-4,8,13H2,1-2H3,(H,25,26)(H,27,30)/b9-5+. The van der Waals surface area contributed by atoms with E-state index in [0.29, 0.717) is 24.2 Å². The van der Waals surface area contributed by atoms with E-state index in [2.05, 4.69) is 15.3 Å². The van der Waals surface area contributed by atoms with Gasteiger partial charge in [-0.3, -0.25) is 14.4 Å². The minimum Gasteiger partial charge on any atom is -0.345 e. The van der Waals surface area contributed by atoms with Crippen LogP contribution in [0.2, 0.25) is 0 Å². The normalized spacial score (nSPS) is 11.2. The number of nitrogens with zero attached hydrogens (tertiary/aromatic N) is 3. The molecular formula is C22H23F2N5O3. The number of aromatic nitrogens is 3. The molecule has 168 valence electrons. The monoisotopic (exact) mass is 443 g/mol. The summed E-state index contributed by atoms with van der Waals surface area (Å²) in [5.41, 5.74) is 0.245. The van der Waals surface area contributed by atoms with E-state index in [1.807, 2.05) is 0 Å². The van der Waals surface area contributed by atoms with Crippen molar-refractivity contribution in [3.8, 4) is 0 Å². The number of halogens is 2. The number of allylic oxidation sites excluding steroid dienone is 1. The molecule has 32 heavy (non-hydrogen) atoms. The number of hydrogen-bond acceptors (Lipinski definition) is 4. The van der Waals surface area contributed by atoms with Gasteiger partial charge in [0.15, 0.2) is 11.6 Å². The maximum Gasteiger partial charge on any atom is 0.274 e. The summed E-state index contributed by atoms with van der Waals surface area (Å²) in [7, 11) is 3.31. The van der Waals surface area contributed by atoms with Crippen molar-refractivity contribution in [2.45, 2.75) is 25.8 Å². The Morgan fingerprint density at radius 1 is 1.25 bits per heavy atom. The average molecular weight is 443 g/mol. The van der Waals surface area contributed by atoms with E-state index in [4.69, 9.17) is 0 Å². The summed E-state index contributed by atoms with van der Waals surface area (Å²) in [6, 6.07) is 5.09. The zero-order valence-corrected chi connectivity index (χ0v) is 17.7. The minimum atomic E-state index is -1.00. The number of imidazole rings is 1. The van der Waals surface area contributed by atoms with Crippen LogP contribution in [0.15, 0.2) is 47.4 Å². The van der Waals surface area contributed by atoms with Gasteiger partial charge in [-0.15, -0.1) is 0 Å². The van der Waals surface area contributed by atoms with E-state index in [1.54, 1.807) is 26.2 Å². The first-order valence-electron chi connectivity index (χ1n) is 9.95. The number of hydrogen-bond donors (Lipinski definition) is 2. The Labute approximate surface area is 182 Å². The van der Waals surface area contributed by atoms with Gasteiger partial charge in [-0.1, -0.05) is 6.08 Å². The third-order valence-corrected chi connectivity index (χ3v) is 4.66. The SMILES string of the molecule is CN(C)C(=O)/C=C/CCCC(=O)Nc1cccn(Cc2nc3cc(F)c(F)cc3[nH]2)c1=O. The third-order valence-electron chi connectivity index (χ3n) is 4.66. The Bertz CT molecular complexity index is 1190. The molecule has 0 aliphatic carbocycles. The van der Waals surface area contributed by atoms with E-state index in [0.717, 1.165) is 12.1 Å². The first-order valence-corrected chi connectivity index (χ1v) is 9.95. The summed E-state index contributed by atoms with van der Waals surface area (Å²) in [5, 5.41) is 2.59. The van der Waals surface area contributed by atoms with Crippen molar-refractivity contribution < 1.29 is 18.4 Å². The van der Waals surface area contributed by atoms with Crippen LogP contribution in [0.4, 0.5) is 14.5 Å². The molecule has 0 saturated heterocycles. The van der Waals surface area contributed by atoms with Crippen LogP contribution >= 0.6 is 0 Å². The highest BCUT2D eigenvalue weighted by molar-refractivity contribution is 5.90. The zero-order chi connectivity index (χ0) is 23.3.